The number of methoxy groups -OCH3 is 1. The van der Waals surface area contributed by atoms with E-state index in [1.165, 1.54) is 6.07 Å². The van der Waals surface area contributed by atoms with Crippen LogP contribution in [0.3, 0.4) is 0 Å². The Balaban J connectivity index is 1.64. The molecule has 1 aliphatic rings. The number of fused-ring (bicyclic) bond motifs is 1. The van der Waals surface area contributed by atoms with Crippen molar-refractivity contribution < 1.29 is 9.13 Å². The van der Waals surface area contributed by atoms with Gasteiger partial charge in [0.1, 0.15) is 11.3 Å². The van der Waals surface area contributed by atoms with Crippen molar-refractivity contribution in [2.45, 2.75) is 32.4 Å². The quantitative estimate of drug-likeness (QED) is 0.791. The van der Waals surface area contributed by atoms with Gasteiger partial charge >= 0.3 is 0 Å². The third-order valence-corrected chi connectivity index (χ3v) is 4.97. The molecule has 7 heteroatoms. The first kappa shape index (κ1) is 16.1. The molecule has 25 heavy (non-hydrogen) atoms. The van der Waals surface area contributed by atoms with Crippen LogP contribution in [0.1, 0.15) is 36.0 Å². The van der Waals surface area contributed by atoms with Crippen LogP contribution in [0.5, 0.6) is 5.88 Å². The molecule has 3 aromatic rings. The van der Waals surface area contributed by atoms with Crippen molar-refractivity contribution in [3.63, 3.8) is 0 Å². The number of imidazole rings is 1. The summed E-state index contributed by atoms with van der Waals surface area (Å²) in [5, 5.41) is 4.51. The zero-order chi connectivity index (χ0) is 17.6. The monoisotopic (exact) mass is 343 g/mol. The van der Waals surface area contributed by atoms with E-state index in [2.05, 4.69) is 20.0 Å². The van der Waals surface area contributed by atoms with Gasteiger partial charge in [0.2, 0.25) is 5.88 Å². The average molecular weight is 343 g/mol. The molecule has 1 N–H and O–H groups in total. The number of para-hydroxylation sites is 1. The van der Waals surface area contributed by atoms with Gasteiger partial charge in [-0.1, -0.05) is 6.07 Å². The number of rotatable bonds is 4. The van der Waals surface area contributed by atoms with E-state index in [4.69, 9.17) is 4.74 Å². The minimum Gasteiger partial charge on any atom is -0.481 e. The maximum atomic E-state index is 13.9. The van der Waals surface area contributed by atoms with E-state index in [9.17, 15) is 4.39 Å². The number of aryl methyl sites for hydroxylation is 2. The van der Waals surface area contributed by atoms with Crippen molar-refractivity contribution >= 4 is 11.0 Å². The summed E-state index contributed by atoms with van der Waals surface area (Å²) in [6, 6.07) is 5.23. The Morgan fingerprint density at radius 1 is 1.40 bits per heavy atom. The summed E-state index contributed by atoms with van der Waals surface area (Å²) in [6.45, 7) is 3.64. The molecular weight excluding hydrogens is 321 g/mol. The summed E-state index contributed by atoms with van der Waals surface area (Å²) < 4.78 is 21.2. The second-order valence-electron chi connectivity index (χ2n) is 6.58. The lowest BCUT2D eigenvalue weighted by molar-refractivity contribution is 0.236. The van der Waals surface area contributed by atoms with Crippen LogP contribution in [0.25, 0.3) is 11.0 Å². The number of aromatic amines is 1. The molecule has 1 aliphatic heterocycles. The topological polar surface area (TPSA) is 59.0 Å². The third-order valence-electron chi connectivity index (χ3n) is 4.97. The molecule has 1 saturated heterocycles. The molecule has 6 nitrogen and oxygen atoms in total. The number of benzene rings is 1. The molecular formula is C18H22FN5O. The highest BCUT2D eigenvalue weighted by Gasteiger charge is 2.32. The zero-order valence-corrected chi connectivity index (χ0v) is 14.7. The zero-order valence-electron chi connectivity index (χ0n) is 14.7. The van der Waals surface area contributed by atoms with Crippen molar-refractivity contribution in [1.29, 1.82) is 0 Å². The van der Waals surface area contributed by atoms with Crippen molar-refractivity contribution in [1.82, 2.24) is 24.6 Å². The Kier molecular flexibility index (Phi) is 3.95. The van der Waals surface area contributed by atoms with Crippen molar-refractivity contribution in [2.75, 3.05) is 13.7 Å². The maximum Gasteiger partial charge on any atom is 0.216 e. The first-order valence-corrected chi connectivity index (χ1v) is 8.53. The number of halogens is 1. The van der Waals surface area contributed by atoms with Gasteiger partial charge < -0.3 is 9.72 Å². The average Bonchev–Trinajstić information content (AvgIpc) is 3.25. The normalized spacial score (nSPS) is 18.3. The van der Waals surface area contributed by atoms with Crippen LogP contribution in [0.4, 0.5) is 4.39 Å². The molecule has 0 aliphatic carbocycles. The van der Waals surface area contributed by atoms with Crippen LogP contribution < -0.4 is 4.74 Å². The molecule has 132 valence electrons. The van der Waals surface area contributed by atoms with Gasteiger partial charge in [-0.2, -0.15) is 5.10 Å². The molecule has 0 bridgehead atoms. The molecule has 1 atom stereocenters. The Labute approximate surface area is 145 Å². The predicted molar refractivity (Wildman–Crippen MR) is 92.9 cm³/mol. The standard InChI is InChI=1S/C18H22FN5O/c1-11-16(18(25-3)23(2)22-11)14-8-5-9-24(14)10-15-20-13-7-4-6-12(19)17(13)21-15/h4,6-7,14H,5,8-10H2,1-3H3,(H,20,21)/t14-/m0/s1. The minimum atomic E-state index is -0.289. The smallest absolute Gasteiger partial charge is 0.216 e. The number of hydrogen-bond donors (Lipinski definition) is 1. The highest BCUT2D eigenvalue weighted by atomic mass is 19.1. The minimum absolute atomic E-state index is 0.238. The molecule has 0 spiro atoms. The fourth-order valence-electron chi connectivity index (χ4n) is 3.94. The number of aromatic nitrogens is 4. The van der Waals surface area contributed by atoms with Crippen LogP contribution in [0.15, 0.2) is 18.2 Å². The van der Waals surface area contributed by atoms with Gasteiger partial charge in [-0.3, -0.25) is 4.90 Å². The predicted octanol–water partition coefficient (Wildman–Crippen LogP) is 3.09. The Hall–Kier alpha value is -2.41. The second kappa shape index (κ2) is 6.15. The van der Waals surface area contributed by atoms with E-state index in [0.717, 1.165) is 47.9 Å². The molecule has 2 aromatic heterocycles. The third kappa shape index (κ3) is 2.68. The van der Waals surface area contributed by atoms with Gasteiger partial charge in [0.25, 0.3) is 0 Å². The molecule has 0 unspecified atom stereocenters. The Morgan fingerprint density at radius 2 is 2.24 bits per heavy atom. The van der Waals surface area contributed by atoms with Gasteiger partial charge in [-0.25, -0.2) is 14.1 Å². The number of ether oxygens (including phenoxy) is 1. The first-order valence-electron chi connectivity index (χ1n) is 8.53. The van der Waals surface area contributed by atoms with Crippen LogP contribution in [-0.2, 0) is 13.6 Å². The van der Waals surface area contributed by atoms with Gasteiger partial charge in [-0.05, 0) is 38.4 Å². The van der Waals surface area contributed by atoms with Gasteiger partial charge in [0.15, 0.2) is 5.82 Å². The fourth-order valence-corrected chi connectivity index (χ4v) is 3.94. The summed E-state index contributed by atoms with van der Waals surface area (Å²) in [5.74, 6) is 1.31. The van der Waals surface area contributed by atoms with E-state index < -0.39 is 0 Å². The van der Waals surface area contributed by atoms with Crippen LogP contribution in [0, 0.1) is 12.7 Å². The summed E-state index contributed by atoms with van der Waals surface area (Å²) in [6.07, 6.45) is 2.16. The lowest BCUT2D eigenvalue weighted by Gasteiger charge is -2.24. The molecule has 0 saturated carbocycles. The summed E-state index contributed by atoms with van der Waals surface area (Å²) in [5.41, 5.74) is 3.28. The van der Waals surface area contributed by atoms with Crippen molar-refractivity contribution in [2.24, 2.45) is 7.05 Å². The molecule has 0 amide bonds. The van der Waals surface area contributed by atoms with E-state index >= 15 is 0 Å². The lowest BCUT2D eigenvalue weighted by atomic mass is 10.1. The van der Waals surface area contributed by atoms with Crippen molar-refractivity contribution in [3.8, 4) is 5.88 Å². The highest BCUT2D eigenvalue weighted by Crippen LogP contribution is 2.39. The second-order valence-corrected chi connectivity index (χ2v) is 6.58. The van der Waals surface area contributed by atoms with Crippen LogP contribution >= 0.6 is 0 Å². The SMILES string of the molecule is COc1c([C@@H]2CCCN2Cc2nc3c(F)cccc3[nH]2)c(C)nn1C. The first-order chi connectivity index (χ1) is 12.1. The summed E-state index contributed by atoms with van der Waals surface area (Å²) >= 11 is 0. The summed E-state index contributed by atoms with van der Waals surface area (Å²) in [7, 11) is 3.58. The largest absolute Gasteiger partial charge is 0.481 e. The number of likely N-dealkylation sites (tertiary alicyclic amines) is 1. The number of H-pyrrole nitrogens is 1. The van der Waals surface area contributed by atoms with E-state index in [1.54, 1.807) is 17.9 Å². The van der Waals surface area contributed by atoms with E-state index in [0.29, 0.717) is 12.1 Å². The van der Waals surface area contributed by atoms with Gasteiger partial charge in [0, 0.05) is 13.1 Å². The highest BCUT2D eigenvalue weighted by molar-refractivity contribution is 5.75. The Bertz CT molecular complexity index is 916. The van der Waals surface area contributed by atoms with Gasteiger partial charge in [-0.15, -0.1) is 0 Å². The molecule has 4 rings (SSSR count). The number of nitrogens with one attached hydrogen (secondary N) is 1. The number of hydrogen-bond acceptors (Lipinski definition) is 4. The van der Waals surface area contributed by atoms with Gasteiger partial charge in [0.05, 0.1) is 30.4 Å². The maximum absolute atomic E-state index is 13.9. The number of nitrogens with zero attached hydrogens (tertiary/aromatic N) is 4. The van der Waals surface area contributed by atoms with Crippen molar-refractivity contribution in [3.05, 3.63) is 41.1 Å². The Morgan fingerprint density at radius 3 is 3.00 bits per heavy atom. The molecule has 1 fully saturated rings. The molecule has 3 heterocycles. The van der Waals surface area contributed by atoms with E-state index in [-0.39, 0.29) is 11.9 Å². The van der Waals surface area contributed by atoms with E-state index in [1.807, 2.05) is 20.0 Å². The molecule has 0 radical (unpaired) electrons. The van der Waals surface area contributed by atoms with Crippen LogP contribution in [0.2, 0.25) is 0 Å². The summed E-state index contributed by atoms with van der Waals surface area (Å²) in [4.78, 5) is 10.1. The fraction of sp³-hybridized carbons (Fsp3) is 0.444. The molecule has 1 aromatic carbocycles. The van der Waals surface area contributed by atoms with Crippen LogP contribution in [-0.4, -0.2) is 38.3 Å². The lowest BCUT2D eigenvalue weighted by Crippen LogP contribution is -2.24.